The second kappa shape index (κ2) is 7.03. The third kappa shape index (κ3) is 4.47. The Balaban J connectivity index is 1.84. The number of halogens is 2. The van der Waals surface area contributed by atoms with Crippen molar-refractivity contribution < 1.29 is 26.8 Å². The van der Waals surface area contributed by atoms with E-state index < -0.39 is 26.4 Å². The van der Waals surface area contributed by atoms with Crippen molar-refractivity contribution in [2.24, 2.45) is 5.92 Å². The third-order valence-electron chi connectivity index (χ3n) is 3.34. The minimum Gasteiger partial charge on any atom is -0.354 e. The normalized spacial score (nSPS) is 14.6. The molecule has 0 heterocycles. The molecule has 0 unspecified atom stereocenters. The topological polar surface area (TPSA) is 92.3 Å². The first-order valence-corrected chi connectivity index (χ1v) is 8.55. The average Bonchev–Trinajstić information content (AvgIpc) is 3.36. The van der Waals surface area contributed by atoms with Gasteiger partial charge < -0.3 is 10.6 Å². The highest BCUT2D eigenvalue weighted by atomic mass is 32.2. The summed E-state index contributed by atoms with van der Waals surface area (Å²) in [6.07, 6.45) is 1.79. The van der Waals surface area contributed by atoms with Crippen LogP contribution < -0.4 is 10.6 Å². The van der Waals surface area contributed by atoms with Crippen molar-refractivity contribution >= 4 is 21.7 Å². The Kier molecular flexibility index (Phi) is 5.30. The van der Waals surface area contributed by atoms with E-state index in [0.29, 0.717) is 6.54 Å². The van der Waals surface area contributed by atoms with Crippen molar-refractivity contribution in [1.29, 1.82) is 0 Å². The molecule has 1 fully saturated rings. The highest BCUT2D eigenvalue weighted by molar-refractivity contribution is 7.91. The van der Waals surface area contributed by atoms with E-state index in [9.17, 15) is 26.8 Å². The molecule has 0 atom stereocenters. The van der Waals surface area contributed by atoms with Crippen LogP contribution in [0.15, 0.2) is 29.2 Å². The molecule has 0 spiro atoms. The lowest BCUT2D eigenvalue weighted by Gasteiger charge is -2.08. The Morgan fingerprint density at radius 1 is 1.09 bits per heavy atom. The summed E-state index contributed by atoms with van der Waals surface area (Å²) in [5.41, 5.74) is 0.145. The van der Waals surface area contributed by atoms with Crippen LogP contribution in [0, 0.1) is 5.92 Å². The summed E-state index contributed by atoms with van der Waals surface area (Å²) in [6, 6.07) is 4.25. The van der Waals surface area contributed by atoms with Crippen LogP contribution in [-0.4, -0.2) is 39.1 Å². The second-order valence-corrected chi connectivity index (χ2v) is 7.07. The van der Waals surface area contributed by atoms with E-state index in [1.165, 1.54) is 0 Å². The van der Waals surface area contributed by atoms with Gasteiger partial charge in [0, 0.05) is 24.6 Å². The predicted molar refractivity (Wildman–Crippen MR) is 77.7 cm³/mol. The first-order chi connectivity index (χ1) is 10.8. The number of alkyl halides is 2. The maximum absolute atomic E-state index is 12.4. The van der Waals surface area contributed by atoms with Crippen molar-refractivity contribution in [3.63, 3.8) is 0 Å². The number of rotatable bonds is 7. The molecule has 6 nitrogen and oxygen atoms in total. The van der Waals surface area contributed by atoms with Crippen molar-refractivity contribution in [3.05, 3.63) is 29.8 Å². The fraction of sp³-hybridized carbons (Fsp3) is 0.429. The van der Waals surface area contributed by atoms with Crippen molar-refractivity contribution in [2.45, 2.75) is 23.5 Å². The van der Waals surface area contributed by atoms with Crippen molar-refractivity contribution in [2.75, 3.05) is 13.1 Å². The number of hydrogen-bond donors (Lipinski definition) is 2. The zero-order chi connectivity index (χ0) is 17.0. The fourth-order valence-electron chi connectivity index (χ4n) is 1.85. The molecular weight excluding hydrogens is 330 g/mol. The van der Waals surface area contributed by atoms with Crippen LogP contribution in [0.25, 0.3) is 0 Å². The summed E-state index contributed by atoms with van der Waals surface area (Å²) >= 11 is 0. The molecule has 0 saturated heterocycles. The first-order valence-electron chi connectivity index (χ1n) is 7.00. The van der Waals surface area contributed by atoms with Crippen molar-refractivity contribution in [3.8, 4) is 0 Å². The second-order valence-electron chi connectivity index (χ2n) is 5.15. The lowest BCUT2D eigenvalue weighted by Crippen LogP contribution is -2.35. The lowest BCUT2D eigenvalue weighted by atomic mass is 10.2. The largest absolute Gasteiger partial charge is 0.354 e. The van der Waals surface area contributed by atoms with Gasteiger partial charge in [-0.3, -0.25) is 9.59 Å². The van der Waals surface area contributed by atoms with Gasteiger partial charge in [-0.1, -0.05) is 0 Å². The van der Waals surface area contributed by atoms with E-state index >= 15 is 0 Å². The van der Waals surface area contributed by atoms with E-state index in [-0.39, 0.29) is 23.9 Å². The molecule has 9 heteroatoms. The standard InChI is InChI=1S/C14H16F2N2O4S/c15-14(16)23(21,22)11-5-3-10(4-6-11)13(20)18-8-7-17-12(19)9-1-2-9/h3-6,9,14H,1-2,7-8H2,(H,17,19)(H,18,20). The number of carbonyl (C=O) groups excluding carboxylic acids is 2. The zero-order valence-electron chi connectivity index (χ0n) is 12.1. The highest BCUT2D eigenvalue weighted by Crippen LogP contribution is 2.28. The molecule has 0 bridgehead atoms. The monoisotopic (exact) mass is 346 g/mol. The molecule has 0 aromatic heterocycles. The van der Waals surface area contributed by atoms with E-state index in [1.807, 2.05) is 0 Å². The van der Waals surface area contributed by atoms with E-state index in [0.717, 1.165) is 37.1 Å². The van der Waals surface area contributed by atoms with Gasteiger partial charge in [-0.15, -0.1) is 0 Å². The Labute approximate surface area is 132 Å². The van der Waals surface area contributed by atoms with Gasteiger partial charge in [-0.05, 0) is 37.1 Å². The van der Waals surface area contributed by atoms with E-state index in [4.69, 9.17) is 0 Å². The summed E-state index contributed by atoms with van der Waals surface area (Å²) < 4.78 is 47.3. The number of benzene rings is 1. The number of amides is 2. The third-order valence-corrected chi connectivity index (χ3v) is 4.74. The van der Waals surface area contributed by atoms with Gasteiger partial charge in [0.2, 0.25) is 15.7 Å². The summed E-state index contributed by atoms with van der Waals surface area (Å²) in [5.74, 6) is -3.92. The molecular formula is C14H16F2N2O4S. The van der Waals surface area contributed by atoms with Crippen LogP contribution in [-0.2, 0) is 14.6 Å². The van der Waals surface area contributed by atoms with E-state index in [2.05, 4.69) is 10.6 Å². The average molecular weight is 346 g/mol. The number of sulfone groups is 1. The van der Waals surface area contributed by atoms with Crippen LogP contribution in [0.4, 0.5) is 8.78 Å². The Morgan fingerprint density at radius 2 is 1.65 bits per heavy atom. The molecule has 1 aromatic rings. The predicted octanol–water partition coefficient (Wildman–Crippen LogP) is 0.939. The fourth-order valence-corrected chi connectivity index (χ4v) is 2.57. The molecule has 0 aliphatic heterocycles. The summed E-state index contributed by atoms with van der Waals surface area (Å²) in [5, 5.41) is 5.22. The van der Waals surface area contributed by atoms with Crippen LogP contribution in [0.5, 0.6) is 0 Å². The molecule has 0 radical (unpaired) electrons. The maximum Gasteiger partial charge on any atom is 0.341 e. The van der Waals surface area contributed by atoms with Crippen LogP contribution >= 0.6 is 0 Å². The minimum absolute atomic E-state index is 0.0270. The van der Waals surface area contributed by atoms with E-state index in [1.54, 1.807) is 0 Å². The SMILES string of the molecule is O=C(NCCNC(=O)C1CC1)c1ccc(S(=O)(=O)C(F)F)cc1. The highest BCUT2D eigenvalue weighted by Gasteiger charge is 2.29. The van der Waals surface area contributed by atoms with Gasteiger partial charge in [0.15, 0.2) is 0 Å². The molecule has 2 amide bonds. The number of carbonyl (C=O) groups is 2. The Hall–Kier alpha value is -2.03. The van der Waals surface area contributed by atoms with Crippen LogP contribution in [0.2, 0.25) is 0 Å². The van der Waals surface area contributed by atoms with Gasteiger partial charge >= 0.3 is 5.76 Å². The van der Waals surface area contributed by atoms with Gasteiger partial charge in [0.1, 0.15) is 0 Å². The van der Waals surface area contributed by atoms with Gasteiger partial charge in [0.25, 0.3) is 5.91 Å². The quantitative estimate of drug-likeness (QED) is 0.719. The number of nitrogens with one attached hydrogen (secondary N) is 2. The summed E-state index contributed by atoms with van der Waals surface area (Å²) in [4.78, 5) is 22.6. The molecule has 1 aliphatic carbocycles. The molecule has 1 aliphatic rings. The molecule has 23 heavy (non-hydrogen) atoms. The van der Waals surface area contributed by atoms with Crippen LogP contribution in [0.3, 0.4) is 0 Å². The lowest BCUT2D eigenvalue weighted by molar-refractivity contribution is -0.122. The summed E-state index contributed by atoms with van der Waals surface area (Å²) in [6.45, 7) is 0.507. The van der Waals surface area contributed by atoms with Crippen LogP contribution in [0.1, 0.15) is 23.2 Å². The smallest absolute Gasteiger partial charge is 0.341 e. The molecule has 2 N–H and O–H groups in total. The Bertz CT molecular complexity index is 685. The van der Waals surface area contributed by atoms with Crippen molar-refractivity contribution in [1.82, 2.24) is 10.6 Å². The van der Waals surface area contributed by atoms with Gasteiger partial charge in [0.05, 0.1) is 4.90 Å². The van der Waals surface area contributed by atoms with Gasteiger partial charge in [-0.25, -0.2) is 8.42 Å². The maximum atomic E-state index is 12.4. The zero-order valence-corrected chi connectivity index (χ0v) is 12.9. The minimum atomic E-state index is -4.66. The van der Waals surface area contributed by atoms with Gasteiger partial charge in [-0.2, -0.15) is 8.78 Å². The molecule has 2 rings (SSSR count). The molecule has 1 saturated carbocycles. The first kappa shape index (κ1) is 17.3. The number of hydrogen-bond acceptors (Lipinski definition) is 4. The molecule has 1 aromatic carbocycles. The Morgan fingerprint density at radius 3 is 2.17 bits per heavy atom. The summed E-state index contributed by atoms with van der Waals surface area (Å²) in [7, 11) is -4.66. The molecule has 126 valence electrons.